The number of nitrogens with one attached hydrogen (secondary N) is 2. The lowest BCUT2D eigenvalue weighted by molar-refractivity contribution is 0.400. The van der Waals surface area contributed by atoms with E-state index >= 15 is 0 Å². The third-order valence-corrected chi connectivity index (χ3v) is 2.69. The summed E-state index contributed by atoms with van der Waals surface area (Å²) in [5, 5.41) is 26.4. The molecular formula is C14H11N7O. The molecule has 0 aliphatic heterocycles. The van der Waals surface area contributed by atoms with Crippen molar-refractivity contribution in [1.82, 2.24) is 20.3 Å². The summed E-state index contributed by atoms with van der Waals surface area (Å²) >= 11 is 0. The minimum absolute atomic E-state index is 0.306. The zero-order valence-electron chi connectivity index (χ0n) is 11.6. The molecule has 0 saturated heterocycles. The summed E-state index contributed by atoms with van der Waals surface area (Å²) in [5.74, 6) is 2.01. The topological polar surface area (TPSA) is 113 Å². The summed E-state index contributed by atoms with van der Waals surface area (Å²) in [6.07, 6.45) is 1.47. The average Bonchev–Trinajstić information content (AvgIpc) is 2.93. The number of nitrogens with zero attached hydrogens (tertiary/aromatic N) is 5. The molecule has 0 aliphatic carbocycles. The molecule has 0 amide bonds. The second-order valence-corrected chi connectivity index (χ2v) is 4.43. The Morgan fingerprint density at radius 2 is 2.09 bits per heavy atom. The first-order valence-electron chi connectivity index (χ1n) is 6.40. The first kappa shape index (κ1) is 13.5. The molecule has 0 saturated carbocycles. The molecule has 1 aromatic carbocycles. The van der Waals surface area contributed by atoms with Gasteiger partial charge in [0.15, 0.2) is 11.6 Å². The number of hydrogen-bond donors (Lipinski definition) is 2. The van der Waals surface area contributed by atoms with Crippen LogP contribution >= 0.6 is 0 Å². The molecule has 0 aliphatic rings. The summed E-state index contributed by atoms with van der Waals surface area (Å²) in [4.78, 5) is 4.27. The van der Waals surface area contributed by atoms with Gasteiger partial charge in [-0.25, -0.2) is 0 Å². The third-order valence-electron chi connectivity index (χ3n) is 2.69. The highest BCUT2D eigenvalue weighted by molar-refractivity contribution is 5.58. The van der Waals surface area contributed by atoms with Crippen LogP contribution in [0, 0.1) is 18.3 Å². The van der Waals surface area contributed by atoms with E-state index in [0.29, 0.717) is 34.6 Å². The Hall–Kier alpha value is -3.47. The Morgan fingerprint density at radius 1 is 1.18 bits per heavy atom. The maximum Gasteiger partial charge on any atom is 0.249 e. The number of benzene rings is 1. The number of anilines is 4. The van der Waals surface area contributed by atoms with E-state index in [-0.39, 0.29) is 0 Å². The van der Waals surface area contributed by atoms with Gasteiger partial charge in [0.1, 0.15) is 5.76 Å². The van der Waals surface area contributed by atoms with Crippen molar-refractivity contribution >= 4 is 23.3 Å². The molecule has 22 heavy (non-hydrogen) atoms. The molecule has 0 fully saturated rings. The average molecular weight is 293 g/mol. The van der Waals surface area contributed by atoms with Gasteiger partial charge in [0.2, 0.25) is 5.95 Å². The molecule has 108 valence electrons. The van der Waals surface area contributed by atoms with Crippen molar-refractivity contribution < 1.29 is 4.52 Å². The van der Waals surface area contributed by atoms with Gasteiger partial charge in [-0.05, 0) is 25.1 Å². The Kier molecular flexibility index (Phi) is 3.61. The predicted molar refractivity (Wildman–Crippen MR) is 78.8 cm³/mol. The minimum Gasteiger partial charge on any atom is -0.360 e. The van der Waals surface area contributed by atoms with Crippen LogP contribution < -0.4 is 10.6 Å². The predicted octanol–water partition coefficient (Wildman–Crippen LogP) is 2.53. The van der Waals surface area contributed by atoms with Crippen LogP contribution in [0.15, 0.2) is 41.1 Å². The number of nitriles is 1. The molecule has 0 radical (unpaired) electrons. The molecular weight excluding hydrogens is 282 g/mol. The monoisotopic (exact) mass is 293 g/mol. The van der Waals surface area contributed by atoms with Crippen LogP contribution in [0.25, 0.3) is 0 Å². The van der Waals surface area contributed by atoms with E-state index in [0.717, 1.165) is 0 Å². The first-order chi connectivity index (χ1) is 10.7. The van der Waals surface area contributed by atoms with Crippen molar-refractivity contribution in [2.45, 2.75) is 6.92 Å². The van der Waals surface area contributed by atoms with Crippen LogP contribution in [0.2, 0.25) is 0 Å². The summed E-state index contributed by atoms with van der Waals surface area (Å²) in [6.45, 7) is 1.80. The molecule has 0 atom stereocenters. The van der Waals surface area contributed by atoms with Crippen LogP contribution in [0.3, 0.4) is 0 Å². The summed E-state index contributed by atoms with van der Waals surface area (Å²) < 4.78 is 4.97. The fraction of sp³-hybridized carbons (Fsp3) is 0.0714. The van der Waals surface area contributed by atoms with Gasteiger partial charge in [-0.2, -0.15) is 15.3 Å². The van der Waals surface area contributed by atoms with E-state index in [1.165, 1.54) is 6.20 Å². The van der Waals surface area contributed by atoms with Gasteiger partial charge in [0.25, 0.3) is 0 Å². The van der Waals surface area contributed by atoms with Crippen molar-refractivity contribution in [2.24, 2.45) is 0 Å². The van der Waals surface area contributed by atoms with E-state index in [4.69, 9.17) is 9.78 Å². The van der Waals surface area contributed by atoms with Gasteiger partial charge in [0.05, 0.1) is 17.8 Å². The normalized spacial score (nSPS) is 10.0. The molecule has 3 aromatic rings. The maximum atomic E-state index is 8.89. The van der Waals surface area contributed by atoms with E-state index in [2.05, 4.69) is 37.0 Å². The largest absolute Gasteiger partial charge is 0.360 e. The van der Waals surface area contributed by atoms with E-state index in [1.807, 2.05) is 6.07 Å². The number of aryl methyl sites for hydroxylation is 1. The van der Waals surface area contributed by atoms with Crippen molar-refractivity contribution in [3.8, 4) is 6.07 Å². The summed E-state index contributed by atoms with van der Waals surface area (Å²) in [7, 11) is 0. The van der Waals surface area contributed by atoms with Crippen molar-refractivity contribution in [1.29, 1.82) is 5.26 Å². The van der Waals surface area contributed by atoms with Crippen LogP contribution in [0.5, 0.6) is 0 Å². The quantitative estimate of drug-likeness (QED) is 0.754. The number of rotatable bonds is 4. The van der Waals surface area contributed by atoms with Crippen molar-refractivity contribution in [2.75, 3.05) is 10.6 Å². The number of aromatic nitrogens is 4. The molecule has 0 unspecified atom stereocenters. The van der Waals surface area contributed by atoms with E-state index in [9.17, 15) is 0 Å². The van der Waals surface area contributed by atoms with Crippen LogP contribution in [0.1, 0.15) is 11.3 Å². The Labute approximate surface area is 125 Å². The van der Waals surface area contributed by atoms with Crippen molar-refractivity contribution in [3.63, 3.8) is 0 Å². The molecule has 2 heterocycles. The standard InChI is InChI=1S/C14H11N7O/c1-9-5-12(21-22-9)18-13-8-16-20-14(19-13)17-11-4-2-3-10(6-11)7-15/h2-6,8H,1H3,(H2,17,18,19,20,21). The van der Waals surface area contributed by atoms with Gasteiger partial charge in [-0.1, -0.05) is 11.2 Å². The second kappa shape index (κ2) is 5.88. The smallest absolute Gasteiger partial charge is 0.249 e. The van der Waals surface area contributed by atoms with Crippen LogP contribution in [-0.2, 0) is 0 Å². The Morgan fingerprint density at radius 3 is 2.86 bits per heavy atom. The van der Waals surface area contributed by atoms with Gasteiger partial charge in [-0.15, -0.1) is 5.10 Å². The summed E-state index contributed by atoms with van der Waals surface area (Å²) in [6, 6.07) is 10.8. The van der Waals surface area contributed by atoms with Crippen LogP contribution in [0.4, 0.5) is 23.3 Å². The van der Waals surface area contributed by atoms with Crippen molar-refractivity contribution in [3.05, 3.63) is 47.9 Å². The summed E-state index contributed by atoms with van der Waals surface area (Å²) in [5.41, 5.74) is 1.25. The Bertz CT molecular complexity index is 837. The van der Waals surface area contributed by atoms with E-state index in [1.54, 1.807) is 31.2 Å². The zero-order chi connectivity index (χ0) is 15.4. The highest BCUT2D eigenvalue weighted by atomic mass is 16.5. The molecule has 8 heteroatoms. The molecule has 2 aromatic heterocycles. The lowest BCUT2D eigenvalue weighted by Crippen LogP contribution is -2.02. The first-order valence-corrected chi connectivity index (χ1v) is 6.40. The maximum absolute atomic E-state index is 8.89. The van der Waals surface area contributed by atoms with Crippen LogP contribution in [-0.4, -0.2) is 20.3 Å². The van der Waals surface area contributed by atoms with E-state index < -0.39 is 0 Å². The van der Waals surface area contributed by atoms with Gasteiger partial charge in [0, 0.05) is 11.8 Å². The molecule has 3 rings (SSSR count). The minimum atomic E-state index is 0.306. The van der Waals surface area contributed by atoms with Gasteiger partial charge < -0.3 is 15.2 Å². The molecule has 0 bridgehead atoms. The molecule has 0 spiro atoms. The zero-order valence-corrected chi connectivity index (χ0v) is 11.6. The highest BCUT2D eigenvalue weighted by Gasteiger charge is 2.05. The Balaban J connectivity index is 1.77. The van der Waals surface area contributed by atoms with Gasteiger partial charge >= 0.3 is 0 Å². The molecule has 8 nitrogen and oxygen atoms in total. The van der Waals surface area contributed by atoms with Gasteiger partial charge in [-0.3, -0.25) is 0 Å². The number of hydrogen-bond acceptors (Lipinski definition) is 8. The highest BCUT2D eigenvalue weighted by Crippen LogP contribution is 2.17. The third kappa shape index (κ3) is 3.16. The SMILES string of the molecule is Cc1cc(Nc2cnnc(Nc3cccc(C#N)c3)n2)no1. The lowest BCUT2D eigenvalue weighted by Gasteiger charge is -2.06. The fourth-order valence-electron chi connectivity index (χ4n) is 1.77. The fourth-order valence-corrected chi connectivity index (χ4v) is 1.77. The lowest BCUT2D eigenvalue weighted by atomic mass is 10.2. The molecule has 2 N–H and O–H groups in total. The second-order valence-electron chi connectivity index (χ2n) is 4.43.